The third-order valence-electron chi connectivity index (χ3n) is 2.35. The van der Waals surface area contributed by atoms with Crippen LogP contribution in [0.25, 0.3) is 11.1 Å². The molecule has 0 fully saturated rings. The van der Waals surface area contributed by atoms with Gasteiger partial charge in [-0.25, -0.2) is 0 Å². The Morgan fingerprint density at radius 1 is 1.00 bits per heavy atom. The molecule has 2 N–H and O–H groups in total. The lowest BCUT2D eigenvalue weighted by molar-refractivity contribution is 0.100. The molecule has 0 atom stereocenters. The van der Waals surface area contributed by atoms with Crippen LogP contribution >= 0.6 is 22.6 Å². The van der Waals surface area contributed by atoms with Crippen LogP contribution < -0.4 is 5.73 Å². The number of primary amides is 1. The van der Waals surface area contributed by atoms with Gasteiger partial charge >= 0.3 is 0 Å². The summed E-state index contributed by atoms with van der Waals surface area (Å²) in [6, 6.07) is 15.4. The highest BCUT2D eigenvalue weighted by atomic mass is 127. The summed E-state index contributed by atoms with van der Waals surface area (Å²) >= 11 is 2.25. The predicted octanol–water partition coefficient (Wildman–Crippen LogP) is 3.06. The zero-order chi connectivity index (χ0) is 11.5. The van der Waals surface area contributed by atoms with Gasteiger partial charge in [-0.3, -0.25) is 4.79 Å². The van der Waals surface area contributed by atoms with E-state index in [1.807, 2.05) is 42.5 Å². The Balaban J connectivity index is 2.55. The Kier molecular flexibility index (Phi) is 3.24. The standard InChI is InChI=1S/C13H10INO/c14-10-7-5-9(6-8-10)11-3-1-2-4-12(11)13(15)16/h1-8H,(H2,15,16). The summed E-state index contributed by atoms with van der Waals surface area (Å²) in [7, 11) is 0. The van der Waals surface area contributed by atoms with Gasteiger partial charge in [-0.1, -0.05) is 30.3 Å². The van der Waals surface area contributed by atoms with Crippen LogP contribution in [0.5, 0.6) is 0 Å². The Labute approximate surface area is 108 Å². The lowest BCUT2D eigenvalue weighted by Gasteiger charge is -2.06. The molecule has 0 bridgehead atoms. The Morgan fingerprint density at radius 3 is 2.25 bits per heavy atom. The van der Waals surface area contributed by atoms with Crippen LogP contribution in [0.4, 0.5) is 0 Å². The third-order valence-corrected chi connectivity index (χ3v) is 3.07. The summed E-state index contributed by atoms with van der Waals surface area (Å²) in [5, 5.41) is 0. The first-order valence-electron chi connectivity index (χ1n) is 4.83. The maximum Gasteiger partial charge on any atom is 0.249 e. The van der Waals surface area contributed by atoms with Crippen molar-refractivity contribution < 1.29 is 4.79 Å². The number of carbonyl (C=O) groups excluding carboxylic acids is 1. The summed E-state index contributed by atoms with van der Waals surface area (Å²) in [6.07, 6.45) is 0. The van der Waals surface area contributed by atoms with Crippen LogP contribution in [0, 0.1) is 3.57 Å². The topological polar surface area (TPSA) is 43.1 Å². The minimum absolute atomic E-state index is 0.394. The van der Waals surface area contributed by atoms with Gasteiger partial charge in [-0.05, 0) is 51.9 Å². The minimum Gasteiger partial charge on any atom is -0.366 e. The largest absolute Gasteiger partial charge is 0.366 e. The second-order valence-electron chi connectivity index (χ2n) is 3.42. The first-order valence-corrected chi connectivity index (χ1v) is 5.91. The van der Waals surface area contributed by atoms with Crippen molar-refractivity contribution in [2.75, 3.05) is 0 Å². The van der Waals surface area contributed by atoms with Crippen molar-refractivity contribution in [1.82, 2.24) is 0 Å². The van der Waals surface area contributed by atoms with E-state index in [4.69, 9.17) is 5.73 Å². The van der Waals surface area contributed by atoms with Gasteiger partial charge in [0.15, 0.2) is 0 Å². The number of rotatable bonds is 2. The molecule has 0 saturated heterocycles. The van der Waals surface area contributed by atoms with Crippen molar-refractivity contribution in [2.45, 2.75) is 0 Å². The molecule has 0 aromatic heterocycles. The van der Waals surface area contributed by atoms with Crippen molar-refractivity contribution in [3.8, 4) is 11.1 Å². The van der Waals surface area contributed by atoms with Crippen LogP contribution in [0.3, 0.4) is 0 Å². The quantitative estimate of drug-likeness (QED) is 0.848. The fraction of sp³-hybridized carbons (Fsp3) is 0. The van der Waals surface area contributed by atoms with E-state index in [0.29, 0.717) is 5.56 Å². The number of halogens is 1. The van der Waals surface area contributed by atoms with E-state index in [2.05, 4.69) is 22.6 Å². The molecule has 2 nitrogen and oxygen atoms in total. The van der Waals surface area contributed by atoms with E-state index >= 15 is 0 Å². The van der Waals surface area contributed by atoms with Gasteiger partial charge in [-0.15, -0.1) is 0 Å². The van der Waals surface area contributed by atoms with Gasteiger partial charge in [-0.2, -0.15) is 0 Å². The van der Waals surface area contributed by atoms with E-state index in [1.165, 1.54) is 0 Å². The van der Waals surface area contributed by atoms with Gasteiger partial charge < -0.3 is 5.73 Å². The molecule has 2 aromatic rings. The molecule has 0 heterocycles. The van der Waals surface area contributed by atoms with E-state index in [0.717, 1.165) is 14.7 Å². The van der Waals surface area contributed by atoms with Gasteiger partial charge in [0.2, 0.25) is 5.91 Å². The molecular weight excluding hydrogens is 313 g/mol. The first-order chi connectivity index (χ1) is 7.68. The number of hydrogen-bond acceptors (Lipinski definition) is 1. The van der Waals surface area contributed by atoms with Crippen LogP contribution in [-0.2, 0) is 0 Å². The average Bonchev–Trinajstić information content (AvgIpc) is 2.30. The summed E-state index contributed by atoms with van der Waals surface area (Å²) in [4.78, 5) is 11.3. The highest BCUT2D eigenvalue weighted by molar-refractivity contribution is 14.1. The average molecular weight is 323 g/mol. The molecule has 2 aromatic carbocycles. The highest BCUT2D eigenvalue weighted by Gasteiger charge is 2.08. The molecule has 0 unspecified atom stereocenters. The number of nitrogens with two attached hydrogens (primary N) is 1. The van der Waals surface area contributed by atoms with Gasteiger partial charge in [0, 0.05) is 9.13 Å². The molecule has 0 saturated carbocycles. The zero-order valence-corrected chi connectivity index (χ0v) is 10.6. The molecule has 1 amide bonds. The van der Waals surface area contributed by atoms with Crippen LogP contribution in [-0.4, -0.2) is 5.91 Å². The third kappa shape index (κ3) is 2.24. The zero-order valence-electron chi connectivity index (χ0n) is 8.48. The normalized spacial score (nSPS) is 10.1. The minimum atomic E-state index is -0.394. The molecule has 2 rings (SSSR count). The molecule has 0 radical (unpaired) electrons. The fourth-order valence-corrected chi connectivity index (χ4v) is 1.94. The van der Waals surface area contributed by atoms with Crippen molar-refractivity contribution in [3.05, 3.63) is 57.7 Å². The van der Waals surface area contributed by atoms with Crippen molar-refractivity contribution in [1.29, 1.82) is 0 Å². The first kappa shape index (κ1) is 11.1. The summed E-state index contributed by atoms with van der Waals surface area (Å²) in [5.41, 5.74) is 7.79. The molecule has 3 heteroatoms. The van der Waals surface area contributed by atoms with E-state index in [9.17, 15) is 4.79 Å². The maximum absolute atomic E-state index is 11.3. The predicted molar refractivity (Wildman–Crippen MR) is 73.1 cm³/mol. The lowest BCUT2D eigenvalue weighted by Crippen LogP contribution is -2.12. The Bertz CT molecular complexity index is 520. The van der Waals surface area contributed by atoms with Crippen LogP contribution in [0.15, 0.2) is 48.5 Å². The van der Waals surface area contributed by atoms with Crippen molar-refractivity contribution in [3.63, 3.8) is 0 Å². The number of benzene rings is 2. The van der Waals surface area contributed by atoms with Crippen molar-refractivity contribution >= 4 is 28.5 Å². The molecule has 16 heavy (non-hydrogen) atoms. The van der Waals surface area contributed by atoms with Gasteiger partial charge in [0.25, 0.3) is 0 Å². The monoisotopic (exact) mass is 323 g/mol. The highest BCUT2D eigenvalue weighted by Crippen LogP contribution is 2.23. The van der Waals surface area contributed by atoms with E-state index < -0.39 is 5.91 Å². The second-order valence-corrected chi connectivity index (χ2v) is 4.66. The summed E-state index contributed by atoms with van der Waals surface area (Å²) in [5.74, 6) is -0.394. The molecule has 80 valence electrons. The molecule has 0 aliphatic carbocycles. The lowest BCUT2D eigenvalue weighted by atomic mass is 9.99. The summed E-state index contributed by atoms with van der Waals surface area (Å²) in [6.45, 7) is 0. The van der Waals surface area contributed by atoms with Gasteiger partial charge in [0.05, 0.1) is 0 Å². The Hall–Kier alpha value is -1.36. The second kappa shape index (κ2) is 4.65. The van der Waals surface area contributed by atoms with Crippen LogP contribution in [0.2, 0.25) is 0 Å². The van der Waals surface area contributed by atoms with E-state index in [1.54, 1.807) is 6.07 Å². The fourth-order valence-electron chi connectivity index (χ4n) is 1.58. The van der Waals surface area contributed by atoms with Gasteiger partial charge in [0.1, 0.15) is 0 Å². The van der Waals surface area contributed by atoms with Crippen LogP contribution in [0.1, 0.15) is 10.4 Å². The smallest absolute Gasteiger partial charge is 0.249 e. The van der Waals surface area contributed by atoms with E-state index in [-0.39, 0.29) is 0 Å². The number of carbonyl (C=O) groups is 1. The molecule has 0 spiro atoms. The number of amides is 1. The Morgan fingerprint density at radius 2 is 1.62 bits per heavy atom. The summed E-state index contributed by atoms with van der Waals surface area (Å²) < 4.78 is 1.16. The molecular formula is C13H10INO. The SMILES string of the molecule is NC(=O)c1ccccc1-c1ccc(I)cc1. The maximum atomic E-state index is 11.3. The van der Waals surface area contributed by atoms with Crippen molar-refractivity contribution in [2.24, 2.45) is 5.73 Å². The molecule has 0 aliphatic rings. The molecule has 0 aliphatic heterocycles. The number of hydrogen-bond donors (Lipinski definition) is 1.